The van der Waals surface area contributed by atoms with Crippen molar-refractivity contribution in [3.63, 3.8) is 0 Å². The van der Waals surface area contributed by atoms with Crippen LogP contribution < -0.4 is 10.6 Å². The molecule has 0 fully saturated rings. The Bertz CT molecular complexity index is 439. The summed E-state index contributed by atoms with van der Waals surface area (Å²) in [5.41, 5.74) is 0. The lowest BCUT2D eigenvalue weighted by Gasteiger charge is -2.05. The van der Waals surface area contributed by atoms with Gasteiger partial charge in [-0.2, -0.15) is 0 Å². The average molecular weight is 294 g/mol. The molecule has 6 nitrogen and oxygen atoms in total. The predicted molar refractivity (Wildman–Crippen MR) is 79.5 cm³/mol. The smallest absolute Gasteiger partial charge is 0.291 e. The number of Topliss-reactive ketones (excluding diaryl/α,β-unsaturated/α-hetero) is 1. The first-order valence-corrected chi connectivity index (χ1v) is 6.90. The minimum Gasteiger partial charge on any atom is -0.349 e. The lowest BCUT2D eigenvalue weighted by atomic mass is 10.2. The molecule has 6 heteroatoms. The fourth-order valence-electron chi connectivity index (χ4n) is 1.40. The maximum atomic E-state index is 11.4. The molecule has 0 radical (unpaired) electrons. The Morgan fingerprint density at radius 1 is 0.905 bits per heavy atom. The third-order valence-corrected chi connectivity index (χ3v) is 2.49. The van der Waals surface area contributed by atoms with Gasteiger partial charge in [-0.05, 0) is 32.8 Å². The van der Waals surface area contributed by atoms with Gasteiger partial charge in [-0.1, -0.05) is 18.2 Å². The number of hydrogen-bond acceptors (Lipinski definition) is 4. The number of allylic oxidation sites excluding steroid dienone is 3. The van der Waals surface area contributed by atoms with Gasteiger partial charge in [-0.25, -0.2) is 0 Å². The van der Waals surface area contributed by atoms with Gasteiger partial charge in [0.2, 0.25) is 11.6 Å². The standard InChI is InChI=1S/C15H22N2O4/c1-3-5-6-9-13(19)15(21)17-11-7-10-16-14(20)12(18)8-4-2/h3-5,8H,6-7,9-11H2,1-2H3,(H,16,20)(H,17,21)/b5-3?,8-4+. The van der Waals surface area contributed by atoms with E-state index in [4.69, 9.17) is 0 Å². The highest BCUT2D eigenvalue weighted by Crippen LogP contribution is 1.93. The maximum absolute atomic E-state index is 11.4. The number of rotatable bonds is 10. The van der Waals surface area contributed by atoms with Crippen molar-refractivity contribution in [2.24, 2.45) is 0 Å². The summed E-state index contributed by atoms with van der Waals surface area (Å²) in [6.07, 6.45) is 7.49. The van der Waals surface area contributed by atoms with Crippen LogP contribution in [0.4, 0.5) is 0 Å². The predicted octanol–water partition coefficient (Wildman–Crippen LogP) is 0.679. The van der Waals surface area contributed by atoms with E-state index < -0.39 is 23.4 Å². The first-order valence-electron chi connectivity index (χ1n) is 6.90. The molecule has 21 heavy (non-hydrogen) atoms. The third-order valence-electron chi connectivity index (χ3n) is 2.49. The van der Waals surface area contributed by atoms with E-state index in [2.05, 4.69) is 10.6 Å². The molecule has 0 bridgehead atoms. The minimum absolute atomic E-state index is 0.185. The summed E-state index contributed by atoms with van der Waals surface area (Å²) in [6, 6.07) is 0. The molecule has 2 amide bonds. The summed E-state index contributed by atoms with van der Waals surface area (Å²) in [6.45, 7) is 4.02. The summed E-state index contributed by atoms with van der Waals surface area (Å²) in [4.78, 5) is 45.1. The number of ketones is 2. The van der Waals surface area contributed by atoms with Gasteiger partial charge in [0.05, 0.1) is 0 Å². The van der Waals surface area contributed by atoms with Crippen LogP contribution in [0.25, 0.3) is 0 Å². The highest BCUT2D eigenvalue weighted by molar-refractivity contribution is 6.40. The van der Waals surface area contributed by atoms with E-state index in [1.54, 1.807) is 6.92 Å². The van der Waals surface area contributed by atoms with Crippen molar-refractivity contribution in [3.8, 4) is 0 Å². The lowest BCUT2D eigenvalue weighted by Crippen LogP contribution is -2.35. The fourth-order valence-corrected chi connectivity index (χ4v) is 1.40. The van der Waals surface area contributed by atoms with Crippen LogP contribution in [-0.4, -0.2) is 36.5 Å². The summed E-state index contributed by atoms with van der Waals surface area (Å²) in [7, 11) is 0. The van der Waals surface area contributed by atoms with Crippen molar-refractivity contribution in [3.05, 3.63) is 24.3 Å². The summed E-state index contributed by atoms with van der Waals surface area (Å²) < 4.78 is 0. The number of nitrogens with one attached hydrogen (secondary N) is 2. The van der Waals surface area contributed by atoms with Gasteiger partial charge >= 0.3 is 0 Å². The molecule has 0 heterocycles. The Morgan fingerprint density at radius 3 is 2.10 bits per heavy atom. The summed E-state index contributed by atoms with van der Waals surface area (Å²) in [5.74, 6) is -2.36. The fraction of sp³-hybridized carbons (Fsp3) is 0.467. The summed E-state index contributed by atoms with van der Waals surface area (Å²) >= 11 is 0. The van der Waals surface area contributed by atoms with E-state index in [9.17, 15) is 19.2 Å². The van der Waals surface area contributed by atoms with Crippen LogP contribution in [0.5, 0.6) is 0 Å². The van der Waals surface area contributed by atoms with Gasteiger partial charge < -0.3 is 10.6 Å². The molecule has 0 rings (SSSR count). The molecule has 0 aromatic heterocycles. The number of hydrogen-bond donors (Lipinski definition) is 2. The minimum atomic E-state index is -0.679. The summed E-state index contributed by atoms with van der Waals surface area (Å²) in [5, 5.41) is 4.90. The molecule has 2 N–H and O–H groups in total. The van der Waals surface area contributed by atoms with Gasteiger partial charge in [0.1, 0.15) is 0 Å². The van der Waals surface area contributed by atoms with Crippen molar-refractivity contribution in [1.29, 1.82) is 0 Å². The zero-order valence-electron chi connectivity index (χ0n) is 12.5. The monoisotopic (exact) mass is 294 g/mol. The van der Waals surface area contributed by atoms with Crippen molar-refractivity contribution in [1.82, 2.24) is 10.6 Å². The highest BCUT2D eigenvalue weighted by Gasteiger charge is 2.12. The zero-order valence-corrected chi connectivity index (χ0v) is 12.5. The van der Waals surface area contributed by atoms with Gasteiger partial charge in [-0.15, -0.1) is 0 Å². The SMILES string of the molecule is CC=CCCC(=O)C(=O)NCCCNC(=O)C(=O)/C=C/C. The van der Waals surface area contributed by atoms with Crippen molar-refractivity contribution in [2.75, 3.05) is 13.1 Å². The third kappa shape index (κ3) is 9.32. The molecule has 0 spiro atoms. The molecule has 0 atom stereocenters. The molecule has 116 valence electrons. The second-order valence-corrected chi connectivity index (χ2v) is 4.26. The maximum Gasteiger partial charge on any atom is 0.291 e. The molecule has 0 aromatic rings. The lowest BCUT2D eigenvalue weighted by molar-refractivity contribution is -0.137. The van der Waals surface area contributed by atoms with Crippen LogP contribution >= 0.6 is 0 Å². The van der Waals surface area contributed by atoms with E-state index in [0.717, 1.165) is 0 Å². The highest BCUT2D eigenvalue weighted by atomic mass is 16.2. The van der Waals surface area contributed by atoms with E-state index in [1.807, 2.05) is 19.1 Å². The Morgan fingerprint density at radius 2 is 1.52 bits per heavy atom. The van der Waals surface area contributed by atoms with E-state index in [0.29, 0.717) is 12.8 Å². The Labute approximate surface area is 124 Å². The molecule has 0 aliphatic carbocycles. The molecular formula is C15H22N2O4. The molecule has 0 aliphatic heterocycles. The normalized spacial score (nSPS) is 10.8. The molecular weight excluding hydrogens is 272 g/mol. The largest absolute Gasteiger partial charge is 0.349 e. The van der Waals surface area contributed by atoms with Crippen molar-refractivity contribution in [2.45, 2.75) is 33.1 Å². The topological polar surface area (TPSA) is 92.3 Å². The number of carbonyl (C=O) groups is 4. The Balaban J connectivity index is 3.75. The number of amides is 2. The molecule has 0 aromatic carbocycles. The van der Waals surface area contributed by atoms with Crippen LogP contribution in [0.2, 0.25) is 0 Å². The molecule has 0 aliphatic rings. The second-order valence-electron chi connectivity index (χ2n) is 4.26. The number of carbonyl (C=O) groups excluding carboxylic acids is 4. The quantitative estimate of drug-likeness (QED) is 0.268. The van der Waals surface area contributed by atoms with Crippen molar-refractivity contribution >= 4 is 23.4 Å². The van der Waals surface area contributed by atoms with Gasteiger partial charge in [0, 0.05) is 19.5 Å². The Kier molecular flexibility index (Phi) is 10.3. The van der Waals surface area contributed by atoms with Crippen LogP contribution in [0, 0.1) is 0 Å². The van der Waals surface area contributed by atoms with E-state index >= 15 is 0 Å². The second kappa shape index (κ2) is 11.6. The Hall–Kier alpha value is -2.24. The van der Waals surface area contributed by atoms with Crippen LogP contribution in [0.3, 0.4) is 0 Å². The van der Waals surface area contributed by atoms with Crippen LogP contribution in [-0.2, 0) is 19.2 Å². The average Bonchev–Trinajstić information content (AvgIpc) is 2.46. The van der Waals surface area contributed by atoms with Gasteiger partial charge in [-0.3, -0.25) is 19.2 Å². The molecule has 0 saturated heterocycles. The van der Waals surface area contributed by atoms with E-state index in [1.165, 1.54) is 12.2 Å². The molecule has 0 saturated carbocycles. The first-order chi connectivity index (χ1) is 10.0. The molecule has 0 unspecified atom stereocenters. The van der Waals surface area contributed by atoms with Gasteiger partial charge in [0.25, 0.3) is 11.8 Å². The van der Waals surface area contributed by atoms with E-state index in [-0.39, 0.29) is 19.5 Å². The van der Waals surface area contributed by atoms with Crippen LogP contribution in [0.15, 0.2) is 24.3 Å². The van der Waals surface area contributed by atoms with Gasteiger partial charge in [0.15, 0.2) is 0 Å². The van der Waals surface area contributed by atoms with Crippen LogP contribution in [0.1, 0.15) is 33.1 Å². The first kappa shape index (κ1) is 18.8. The van der Waals surface area contributed by atoms with Crippen molar-refractivity contribution < 1.29 is 19.2 Å². The zero-order chi connectivity index (χ0) is 16.1.